The number of alkyl halides is 2. The molecule has 5 N–H and O–H groups in total. The topological polar surface area (TPSA) is 234 Å². The first-order chi connectivity index (χ1) is 31.9. The Morgan fingerprint density at radius 2 is 1.13 bits per heavy atom. The monoisotopic (exact) mass is 1000 g/mol. The summed E-state index contributed by atoms with van der Waals surface area (Å²) in [6.07, 6.45) is 2.55. The van der Waals surface area contributed by atoms with E-state index >= 15 is 0 Å². The van der Waals surface area contributed by atoms with Gasteiger partial charge in [-0.15, -0.1) is 23.2 Å². The fourth-order valence-electron chi connectivity index (χ4n) is 6.84. The molecule has 2 heterocycles. The summed E-state index contributed by atoms with van der Waals surface area (Å²) < 4.78 is 52.2. The average Bonchev–Trinajstić information content (AvgIpc) is 3.30. The van der Waals surface area contributed by atoms with E-state index in [1.54, 1.807) is 48.5 Å². The van der Waals surface area contributed by atoms with E-state index in [9.17, 15) is 18.9 Å². The SMILES string of the molecule is CC(C)(c1ccc(OCc2nc(NS(=O)(=O)Cc3cnc(N)c(COc4ccc(C(C)(C)c5cc(Cl)c(OCCCl)c(C#N)c5)cc4)n3)ncc2N)cc1)c1cc(Cl)c(OCCCl)c(C#N)c1. The van der Waals surface area contributed by atoms with Gasteiger partial charge in [0.15, 0.2) is 11.5 Å². The van der Waals surface area contributed by atoms with E-state index in [0.29, 0.717) is 44.2 Å². The molecule has 0 saturated heterocycles. The lowest BCUT2D eigenvalue weighted by Gasteiger charge is -2.27. The zero-order valence-electron chi connectivity index (χ0n) is 36.7. The molecule has 15 nitrogen and oxygen atoms in total. The first-order valence-corrected chi connectivity index (χ1v) is 23.9. The summed E-state index contributed by atoms with van der Waals surface area (Å²) in [5, 5.41) is 20.2. The van der Waals surface area contributed by atoms with Crippen LogP contribution in [0.4, 0.5) is 17.5 Å². The highest BCUT2D eigenvalue weighted by molar-refractivity contribution is 7.91. The van der Waals surface area contributed by atoms with Gasteiger partial charge in [-0.2, -0.15) is 10.5 Å². The molecule has 0 fully saturated rings. The number of nitrogens with two attached hydrogens (primary N) is 2. The first-order valence-electron chi connectivity index (χ1n) is 20.4. The third-order valence-electron chi connectivity index (χ3n) is 10.7. The summed E-state index contributed by atoms with van der Waals surface area (Å²) in [4.78, 5) is 16.9. The maximum atomic E-state index is 13.3. The molecule has 2 aromatic heterocycles. The van der Waals surface area contributed by atoms with E-state index in [1.165, 1.54) is 12.4 Å². The van der Waals surface area contributed by atoms with Crippen molar-refractivity contribution in [3.63, 3.8) is 0 Å². The van der Waals surface area contributed by atoms with Crippen LogP contribution in [0, 0.1) is 22.7 Å². The summed E-state index contributed by atoms with van der Waals surface area (Å²) >= 11 is 24.6. The summed E-state index contributed by atoms with van der Waals surface area (Å²) in [6.45, 7) is 8.25. The molecular weight excluding hydrogens is 960 g/mol. The van der Waals surface area contributed by atoms with Crippen LogP contribution in [0.25, 0.3) is 0 Å². The Bertz CT molecular complexity index is 2750. The molecule has 0 bridgehead atoms. The lowest BCUT2D eigenvalue weighted by Crippen LogP contribution is -2.20. The van der Waals surface area contributed by atoms with Crippen molar-refractivity contribution in [3.8, 4) is 35.1 Å². The zero-order chi connectivity index (χ0) is 48.5. The Kier molecular flexibility index (Phi) is 16.1. The Morgan fingerprint density at radius 1 is 0.657 bits per heavy atom. The summed E-state index contributed by atoms with van der Waals surface area (Å²) in [5.74, 6) is 1.35. The summed E-state index contributed by atoms with van der Waals surface area (Å²) in [6, 6.07) is 26.0. The molecule has 6 aromatic rings. The lowest BCUT2D eigenvalue weighted by atomic mass is 9.77. The van der Waals surface area contributed by atoms with Crippen LogP contribution in [-0.2, 0) is 39.8 Å². The molecule has 0 spiro atoms. The number of ether oxygens (including phenoxy) is 4. The number of nitrogen functional groups attached to an aromatic ring is 2. The van der Waals surface area contributed by atoms with Gasteiger partial charge in [-0.3, -0.25) is 4.72 Å². The molecule has 0 aliphatic heterocycles. The van der Waals surface area contributed by atoms with Crippen LogP contribution in [0.5, 0.6) is 23.0 Å². The number of nitriles is 2. The molecule has 0 saturated carbocycles. The van der Waals surface area contributed by atoms with Crippen LogP contribution >= 0.6 is 46.4 Å². The van der Waals surface area contributed by atoms with E-state index < -0.39 is 26.6 Å². The fourth-order valence-corrected chi connectivity index (χ4v) is 8.52. The van der Waals surface area contributed by atoms with Gasteiger partial charge in [-0.25, -0.2) is 28.4 Å². The summed E-state index contributed by atoms with van der Waals surface area (Å²) in [7, 11) is -4.11. The molecule has 0 unspecified atom stereocenters. The zero-order valence-corrected chi connectivity index (χ0v) is 40.6. The largest absolute Gasteiger partial charge is 0.489 e. The standard InChI is InChI=1S/C47H45Cl4N9O6S/c1-46(2,32-17-28(21-52)42(37(50)19-32)63-15-13-48)30-5-9-35(10-6-30)65-25-40-39(54)24-57-45(59-40)60-67(61,62)27-34-23-56-44(55)41(58-34)26-66-36-11-7-31(8-12-36)47(3,4)33-18-29(22-53)43(38(51)20-33)64-16-14-49/h5-12,17-20,23-24H,13-16,25-27,54H2,1-4H3,(H2,55,56)(H,57,59,60). The molecule has 20 heteroatoms. The van der Waals surface area contributed by atoms with Gasteiger partial charge in [-0.05, 0) is 70.8 Å². The Labute approximate surface area is 409 Å². The third-order valence-corrected chi connectivity index (χ3v) is 12.8. The van der Waals surface area contributed by atoms with Gasteiger partial charge in [0.1, 0.15) is 73.0 Å². The molecule has 6 rings (SSSR count). The van der Waals surface area contributed by atoms with Crippen LogP contribution in [0.15, 0.2) is 85.2 Å². The second-order valence-corrected chi connectivity index (χ2v) is 19.3. The maximum absolute atomic E-state index is 13.3. The van der Waals surface area contributed by atoms with Crippen LogP contribution in [0.3, 0.4) is 0 Å². The van der Waals surface area contributed by atoms with Crippen molar-refractivity contribution in [1.82, 2.24) is 19.9 Å². The molecule has 0 amide bonds. The number of nitrogens with zero attached hydrogens (tertiary/aromatic N) is 6. The van der Waals surface area contributed by atoms with Gasteiger partial charge in [0.05, 0.1) is 56.7 Å². The number of aromatic nitrogens is 4. The molecule has 348 valence electrons. The predicted molar refractivity (Wildman–Crippen MR) is 260 cm³/mol. The first kappa shape index (κ1) is 50.1. The van der Waals surface area contributed by atoms with Crippen LogP contribution in [0.1, 0.15) is 78.2 Å². The number of halogens is 4. The maximum Gasteiger partial charge on any atom is 0.240 e. The van der Waals surface area contributed by atoms with Gasteiger partial charge in [0.25, 0.3) is 0 Å². The number of rotatable bonds is 20. The highest BCUT2D eigenvalue weighted by Gasteiger charge is 2.28. The Hall–Kier alpha value is -6.27. The number of sulfonamides is 1. The van der Waals surface area contributed by atoms with Crippen LogP contribution < -0.4 is 35.1 Å². The highest BCUT2D eigenvalue weighted by atomic mass is 35.5. The molecule has 0 atom stereocenters. The second kappa shape index (κ2) is 21.6. The number of anilines is 3. The molecule has 67 heavy (non-hydrogen) atoms. The molecular formula is C47H45Cl4N9O6S. The van der Waals surface area contributed by atoms with E-state index in [-0.39, 0.29) is 72.7 Å². The molecule has 4 aromatic carbocycles. The minimum absolute atomic E-state index is 0.0684. The molecule has 0 radical (unpaired) electrons. The van der Waals surface area contributed by atoms with Gasteiger partial charge in [0.2, 0.25) is 16.0 Å². The van der Waals surface area contributed by atoms with E-state index in [4.69, 9.17) is 76.8 Å². The lowest BCUT2D eigenvalue weighted by molar-refractivity contribution is 0.301. The fraction of sp³-hybridized carbons (Fsp3) is 0.277. The van der Waals surface area contributed by atoms with Crippen molar-refractivity contribution < 1.29 is 27.4 Å². The van der Waals surface area contributed by atoms with E-state index in [0.717, 1.165) is 22.3 Å². The van der Waals surface area contributed by atoms with Crippen molar-refractivity contribution in [2.75, 3.05) is 41.2 Å². The van der Waals surface area contributed by atoms with Crippen LogP contribution in [-0.4, -0.2) is 53.3 Å². The number of hydrogen-bond donors (Lipinski definition) is 3. The number of nitrogens with one attached hydrogen (secondary N) is 1. The van der Waals surface area contributed by atoms with Crippen molar-refractivity contribution in [3.05, 3.63) is 146 Å². The van der Waals surface area contributed by atoms with Crippen molar-refractivity contribution in [1.29, 1.82) is 10.5 Å². The predicted octanol–water partition coefficient (Wildman–Crippen LogP) is 9.47. The highest BCUT2D eigenvalue weighted by Crippen LogP contribution is 2.40. The Balaban J connectivity index is 1.06. The van der Waals surface area contributed by atoms with Crippen molar-refractivity contribution >= 4 is 73.9 Å². The van der Waals surface area contributed by atoms with E-state index in [1.807, 2.05) is 52.0 Å². The number of benzene rings is 4. The van der Waals surface area contributed by atoms with Crippen molar-refractivity contribution in [2.24, 2.45) is 0 Å². The van der Waals surface area contributed by atoms with E-state index in [2.05, 4.69) is 36.8 Å². The van der Waals surface area contributed by atoms with Gasteiger partial charge in [-0.1, -0.05) is 75.2 Å². The normalized spacial score (nSPS) is 11.6. The second-order valence-electron chi connectivity index (χ2n) is 16.0. The Morgan fingerprint density at radius 3 is 1.60 bits per heavy atom. The van der Waals surface area contributed by atoms with Crippen molar-refractivity contribution in [2.45, 2.75) is 57.5 Å². The van der Waals surface area contributed by atoms with Crippen LogP contribution in [0.2, 0.25) is 10.0 Å². The minimum Gasteiger partial charge on any atom is -0.489 e. The van der Waals surface area contributed by atoms with Gasteiger partial charge < -0.3 is 30.4 Å². The molecule has 0 aliphatic rings. The summed E-state index contributed by atoms with van der Waals surface area (Å²) in [5.41, 5.74) is 16.0. The minimum atomic E-state index is -4.11. The quantitative estimate of drug-likeness (QED) is 0.0605. The number of hydrogen-bond acceptors (Lipinski definition) is 14. The average molecular weight is 1010 g/mol. The molecule has 0 aliphatic carbocycles. The van der Waals surface area contributed by atoms with Gasteiger partial charge >= 0.3 is 0 Å². The third kappa shape index (κ3) is 12.2. The smallest absolute Gasteiger partial charge is 0.240 e. The van der Waals surface area contributed by atoms with Gasteiger partial charge in [0, 0.05) is 10.8 Å².